The summed E-state index contributed by atoms with van der Waals surface area (Å²) in [4.78, 5) is 58.6. The minimum Gasteiger partial charge on any atom is -0.500 e. The summed E-state index contributed by atoms with van der Waals surface area (Å²) in [6.07, 6.45) is 1.22. The maximum absolute atomic E-state index is 12.7. The van der Waals surface area contributed by atoms with Gasteiger partial charge in [-0.3, -0.25) is 39.5 Å². The number of non-ortho nitro benzene ring substituents is 1. The van der Waals surface area contributed by atoms with Crippen LogP contribution in [0.1, 0.15) is 22.8 Å². The van der Waals surface area contributed by atoms with Gasteiger partial charge < -0.3 is 9.84 Å². The van der Waals surface area contributed by atoms with E-state index in [4.69, 9.17) is 4.74 Å². The fraction of sp³-hybridized carbons (Fsp3) is 0.150. The van der Waals surface area contributed by atoms with Gasteiger partial charge >= 0.3 is 5.69 Å². The first kappa shape index (κ1) is 23.4. The molecule has 2 amide bonds. The van der Waals surface area contributed by atoms with E-state index in [9.17, 15) is 39.7 Å². The predicted molar refractivity (Wildman–Crippen MR) is 116 cm³/mol. The molecule has 170 valence electrons. The Morgan fingerprint density at radius 1 is 1.15 bits per heavy atom. The average Bonchev–Trinajstić information content (AvgIpc) is 3.03. The molecule has 3 rings (SSSR count). The molecule has 1 saturated heterocycles. The van der Waals surface area contributed by atoms with E-state index in [1.807, 2.05) is 0 Å². The molecule has 1 N–H and O–H groups in total. The summed E-state index contributed by atoms with van der Waals surface area (Å²) >= 11 is 0.542. The molecule has 0 spiro atoms. The van der Waals surface area contributed by atoms with E-state index in [2.05, 4.69) is 0 Å². The molecule has 13 heteroatoms. The maximum Gasteiger partial charge on any atom is 0.315 e. The smallest absolute Gasteiger partial charge is 0.315 e. The van der Waals surface area contributed by atoms with Gasteiger partial charge in [0.25, 0.3) is 16.8 Å². The number of ether oxygens (including phenoxy) is 1. The number of imide groups is 1. The van der Waals surface area contributed by atoms with Crippen molar-refractivity contribution in [1.82, 2.24) is 4.90 Å². The Morgan fingerprint density at radius 2 is 1.82 bits per heavy atom. The van der Waals surface area contributed by atoms with Crippen molar-refractivity contribution in [3.8, 4) is 11.5 Å². The first-order valence-electron chi connectivity index (χ1n) is 9.29. The van der Waals surface area contributed by atoms with E-state index in [-0.39, 0.29) is 34.1 Å². The molecule has 1 heterocycles. The molecular formula is C20H15N3O9S. The van der Waals surface area contributed by atoms with Crippen molar-refractivity contribution in [1.29, 1.82) is 0 Å². The summed E-state index contributed by atoms with van der Waals surface area (Å²) in [5, 5.41) is 31.2. The molecule has 0 radical (unpaired) electrons. The number of carbonyl (C=O) groups is 3. The van der Waals surface area contributed by atoms with Gasteiger partial charge in [-0.2, -0.15) is 0 Å². The highest BCUT2D eigenvalue weighted by Gasteiger charge is 2.36. The number of phenols is 1. The number of hydrogen-bond acceptors (Lipinski definition) is 10. The third kappa shape index (κ3) is 4.98. The lowest BCUT2D eigenvalue weighted by Gasteiger charge is -2.11. The normalized spacial score (nSPS) is 14.6. The van der Waals surface area contributed by atoms with Crippen molar-refractivity contribution in [3.05, 3.63) is 72.7 Å². The zero-order chi connectivity index (χ0) is 24.3. The Bertz CT molecular complexity index is 1210. The van der Waals surface area contributed by atoms with E-state index in [1.165, 1.54) is 24.3 Å². The SMILES string of the molecule is CCOc1cc(/C=C2\SC(=O)N(CC(=O)c3ccc([N+](=O)[O-])cc3)C2=O)cc([N+](=O)[O-])c1O. The summed E-state index contributed by atoms with van der Waals surface area (Å²) < 4.78 is 5.19. The molecule has 0 aliphatic carbocycles. The molecule has 33 heavy (non-hydrogen) atoms. The Kier molecular flexibility index (Phi) is 6.72. The Balaban J connectivity index is 1.84. The number of thioether (sulfide) groups is 1. The van der Waals surface area contributed by atoms with Crippen LogP contribution in [0.3, 0.4) is 0 Å². The number of ketones is 1. The molecule has 0 bridgehead atoms. The van der Waals surface area contributed by atoms with Crippen molar-refractivity contribution < 1.29 is 34.1 Å². The van der Waals surface area contributed by atoms with E-state index in [0.29, 0.717) is 16.7 Å². The lowest BCUT2D eigenvalue weighted by molar-refractivity contribution is -0.386. The van der Waals surface area contributed by atoms with Gasteiger partial charge in [0, 0.05) is 23.8 Å². The fourth-order valence-corrected chi connectivity index (χ4v) is 3.73. The quantitative estimate of drug-likeness (QED) is 0.259. The van der Waals surface area contributed by atoms with Crippen molar-refractivity contribution in [2.45, 2.75) is 6.92 Å². The second-order valence-corrected chi connectivity index (χ2v) is 7.57. The van der Waals surface area contributed by atoms with Crippen LogP contribution in [0.2, 0.25) is 0 Å². The van der Waals surface area contributed by atoms with Crippen LogP contribution in [-0.4, -0.2) is 49.9 Å². The number of nitro groups is 2. The summed E-state index contributed by atoms with van der Waals surface area (Å²) in [6.45, 7) is 1.15. The monoisotopic (exact) mass is 473 g/mol. The number of Topliss-reactive ketones (excluding diaryl/α,β-unsaturated/α-hetero) is 1. The second kappa shape index (κ2) is 9.48. The van der Waals surface area contributed by atoms with Crippen molar-refractivity contribution >= 4 is 46.1 Å². The van der Waals surface area contributed by atoms with Gasteiger partial charge in [0.1, 0.15) is 0 Å². The molecule has 1 fully saturated rings. The van der Waals surface area contributed by atoms with Crippen LogP contribution in [0, 0.1) is 20.2 Å². The summed E-state index contributed by atoms with van der Waals surface area (Å²) in [5.41, 5.74) is -0.635. The van der Waals surface area contributed by atoms with Gasteiger partial charge in [0.05, 0.1) is 27.9 Å². The first-order chi connectivity index (χ1) is 15.6. The van der Waals surface area contributed by atoms with Crippen LogP contribution in [-0.2, 0) is 4.79 Å². The predicted octanol–water partition coefficient (Wildman–Crippen LogP) is 3.53. The van der Waals surface area contributed by atoms with Crippen molar-refractivity contribution in [2.24, 2.45) is 0 Å². The van der Waals surface area contributed by atoms with E-state index in [1.54, 1.807) is 6.92 Å². The molecule has 2 aromatic rings. The highest BCUT2D eigenvalue weighted by Crippen LogP contribution is 2.39. The largest absolute Gasteiger partial charge is 0.500 e. The second-order valence-electron chi connectivity index (χ2n) is 6.57. The van der Waals surface area contributed by atoms with Crippen LogP contribution < -0.4 is 4.74 Å². The lowest BCUT2D eigenvalue weighted by atomic mass is 10.1. The summed E-state index contributed by atoms with van der Waals surface area (Å²) in [6, 6.07) is 7.01. The van der Waals surface area contributed by atoms with Crippen LogP contribution >= 0.6 is 11.8 Å². The molecule has 1 aliphatic heterocycles. The maximum atomic E-state index is 12.7. The van der Waals surface area contributed by atoms with E-state index < -0.39 is 44.8 Å². The van der Waals surface area contributed by atoms with E-state index >= 15 is 0 Å². The lowest BCUT2D eigenvalue weighted by Crippen LogP contribution is -2.33. The Hall–Kier alpha value is -4.26. The molecular weight excluding hydrogens is 458 g/mol. The minimum atomic E-state index is -0.816. The zero-order valence-corrected chi connectivity index (χ0v) is 17.7. The summed E-state index contributed by atoms with van der Waals surface area (Å²) in [5.74, 6) is -2.22. The highest BCUT2D eigenvalue weighted by atomic mass is 32.2. The fourth-order valence-electron chi connectivity index (χ4n) is 2.89. The summed E-state index contributed by atoms with van der Waals surface area (Å²) in [7, 11) is 0. The van der Waals surface area contributed by atoms with Crippen LogP contribution in [0.4, 0.5) is 16.2 Å². The van der Waals surface area contributed by atoms with E-state index in [0.717, 1.165) is 18.2 Å². The number of nitrogens with zero attached hydrogens (tertiary/aromatic N) is 3. The average molecular weight is 473 g/mol. The standard InChI is InChI=1S/C20H15N3O9S/c1-2-32-16-8-11(7-14(18(16)25)23(30)31)9-17-19(26)21(20(27)33-17)10-15(24)12-3-5-13(6-4-12)22(28)29/h3-9,25H,2,10H2,1H3/b17-9-. The van der Waals surface area contributed by atoms with Gasteiger partial charge in [-0.15, -0.1) is 0 Å². The van der Waals surface area contributed by atoms with Crippen LogP contribution in [0.25, 0.3) is 6.08 Å². The molecule has 1 aliphatic rings. The number of aromatic hydroxyl groups is 1. The van der Waals surface area contributed by atoms with Crippen LogP contribution in [0.5, 0.6) is 11.5 Å². The van der Waals surface area contributed by atoms with Crippen molar-refractivity contribution in [2.75, 3.05) is 13.2 Å². The molecule has 2 aromatic carbocycles. The number of phenolic OH excluding ortho intramolecular Hbond substituents is 1. The molecule has 0 unspecified atom stereocenters. The topological polar surface area (TPSA) is 170 Å². The third-order valence-electron chi connectivity index (χ3n) is 4.45. The number of amides is 2. The third-order valence-corrected chi connectivity index (χ3v) is 5.35. The first-order valence-corrected chi connectivity index (χ1v) is 10.1. The number of hydrogen-bond donors (Lipinski definition) is 1. The zero-order valence-electron chi connectivity index (χ0n) is 16.9. The van der Waals surface area contributed by atoms with Gasteiger partial charge in [-0.05, 0) is 48.5 Å². The molecule has 0 saturated carbocycles. The van der Waals surface area contributed by atoms with Gasteiger partial charge in [0.2, 0.25) is 5.75 Å². The Labute approximate surface area is 189 Å². The van der Waals surface area contributed by atoms with Gasteiger partial charge in [-0.1, -0.05) is 0 Å². The molecule has 12 nitrogen and oxygen atoms in total. The highest BCUT2D eigenvalue weighted by molar-refractivity contribution is 8.18. The number of benzene rings is 2. The number of nitro benzene ring substituents is 2. The Morgan fingerprint density at radius 3 is 2.39 bits per heavy atom. The molecule has 0 aromatic heterocycles. The van der Waals surface area contributed by atoms with Crippen molar-refractivity contribution in [3.63, 3.8) is 0 Å². The molecule has 0 atom stereocenters. The van der Waals surface area contributed by atoms with Gasteiger partial charge in [0.15, 0.2) is 11.5 Å². The number of rotatable bonds is 8. The minimum absolute atomic E-state index is 0.0825. The van der Waals surface area contributed by atoms with Crippen LogP contribution in [0.15, 0.2) is 41.3 Å². The number of carbonyl (C=O) groups excluding carboxylic acids is 3. The van der Waals surface area contributed by atoms with Gasteiger partial charge in [-0.25, -0.2) is 0 Å².